The van der Waals surface area contributed by atoms with Crippen LogP contribution >= 0.6 is 0 Å². The summed E-state index contributed by atoms with van der Waals surface area (Å²) in [6.07, 6.45) is 1.46. The fraction of sp³-hybridized carbons (Fsp3) is 0.727. The second kappa shape index (κ2) is 3.91. The summed E-state index contributed by atoms with van der Waals surface area (Å²) in [7, 11) is 0. The minimum atomic E-state index is -2.86. The van der Waals surface area contributed by atoms with Crippen LogP contribution in [0.15, 0.2) is 6.20 Å². The van der Waals surface area contributed by atoms with E-state index in [1.165, 1.54) is 6.20 Å². The van der Waals surface area contributed by atoms with Crippen LogP contribution in [0.5, 0.6) is 0 Å². The van der Waals surface area contributed by atoms with E-state index in [2.05, 4.69) is 4.98 Å². The molecule has 1 aromatic heterocycles. The Bertz CT molecular complexity index is 309. The van der Waals surface area contributed by atoms with Crippen LogP contribution in [0, 0.1) is 0 Å². The number of hydrogen-bond acceptors (Lipinski definition) is 1. The molecule has 0 aliphatic rings. The van der Waals surface area contributed by atoms with Gasteiger partial charge in [0.15, 0.2) is 0 Å². The molecule has 0 atom stereocenters. The third-order valence-corrected chi connectivity index (χ3v) is 2.28. The van der Waals surface area contributed by atoms with E-state index in [1.54, 1.807) is 0 Å². The first kappa shape index (κ1) is 12.1. The third kappa shape index (κ3) is 2.55. The summed E-state index contributed by atoms with van der Waals surface area (Å²) in [6, 6.07) is 0.158. The van der Waals surface area contributed by atoms with Crippen LogP contribution < -0.4 is 0 Å². The minimum absolute atomic E-state index is 0.139. The fourth-order valence-corrected chi connectivity index (χ4v) is 1.46. The third-order valence-electron chi connectivity index (χ3n) is 2.28. The highest BCUT2D eigenvalue weighted by molar-refractivity contribution is 5.12. The average molecular weight is 216 g/mol. The van der Waals surface area contributed by atoms with Crippen molar-refractivity contribution in [3.63, 3.8) is 0 Å². The van der Waals surface area contributed by atoms with Crippen LogP contribution in [0.2, 0.25) is 0 Å². The summed E-state index contributed by atoms with van der Waals surface area (Å²) in [5, 5.41) is 0. The molecule has 1 rings (SSSR count). The van der Waals surface area contributed by atoms with Crippen molar-refractivity contribution in [2.45, 2.75) is 52.5 Å². The van der Waals surface area contributed by atoms with E-state index in [-0.39, 0.29) is 17.7 Å². The molecule has 1 aromatic rings. The lowest BCUT2D eigenvalue weighted by atomic mass is 10.2. The van der Waals surface area contributed by atoms with E-state index < -0.39 is 5.92 Å². The van der Waals surface area contributed by atoms with Crippen LogP contribution in [0.3, 0.4) is 0 Å². The predicted molar refractivity (Wildman–Crippen MR) is 56.3 cm³/mol. The number of rotatable bonds is 3. The van der Waals surface area contributed by atoms with Gasteiger partial charge in [-0.25, -0.2) is 4.98 Å². The van der Waals surface area contributed by atoms with Crippen molar-refractivity contribution in [1.29, 1.82) is 0 Å². The van der Waals surface area contributed by atoms with Gasteiger partial charge in [-0.3, -0.25) is 0 Å². The van der Waals surface area contributed by atoms with Crippen molar-refractivity contribution in [2.75, 3.05) is 0 Å². The number of imidazole rings is 1. The first-order valence-electron chi connectivity index (χ1n) is 5.20. The van der Waals surface area contributed by atoms with Gasteiger partial charge in [-0.05, 0) is 13.8 Å². The lowest BCUT2D eigenvalue weighted by Crippen LogP contribution is -2.07. The monoisotopic (exact) mass is 216 g/mol. The number of aromatic nitrogens is 2. The van der Waals surface area contributed by atoms with Gasteiger partial charge < -0.3 is 4.57 Å². The summed E-state index contributed by atoms with van der Waals surface area (Å²) in [4.78, 5) is 4.02. The summed E-state index contributed by atoms with van der Waals surface area (Å²) in [5.41, 5.74) is -0.139. The smallest absolute Gasteiger partial charge is 0.288 e. The Morgan fingerprint density at radius 1 is 1.27 bits per heavy atom. The van der Waals surface area contributed by atoms with Crippen LogP contribution in [-0.2, 0) is 5.92 Å². The maximum Gasteiger partial charge on any atom is 0.288 e. The van der Waals surface area contributed by atoms with E-state index in [1.807, 2.05) is 32.3 Å². The van der Waals surface area contributed by atoms with Gasteiger partial charge in [0.25, 0.3) is 5.92 Å². The first-order valence-corrected chi connectivity index (χ1v) is 5.20. The molecule has 0 N–H and O–H groups in total. The molecule has 0 aliphatic carbocycles. The van der Waals surface area contributed by atoms with E-state index in [9.17, 15) is 8.78 Å². The zero-order chi connectivity index (χ0) is 11.8. The average Bonchev–Trinajstić information content (AvgIpc) is 2.45. The molecule has 0 saturated carbocycles. The summed E-state index contributed by atoms with van der Waals surface area (Å²) in [5.74, 6) is -1.98. The molecule has 0 fully saturated rings. The van der Waals surface area contributed by atoms with Gasteiger partial charge in [0.05, 0.1) is 0 Å². The Kier molecular flexibility index (Phi) is 3.16. The molecule has 2 nitrogen and oxygen atoms in total. The highest BCUT2D eigenvalue weighted by Crippen LogP contribution is 2.29. The molecule has 4 heteroatoms. The normalized spacial score (nSPS) is 12.9. The molecule has 0 aromatic carbocycles. The highest BCUT2D eigenvalue weighted by atomic mass is 19.3. The molecular formula is C11H18F2N2. The van der Waals surface area contributed by atoms with Gasteiger partial charge >= 0.3 is 0 Å². The van der Waals surface area contributed by atoms with Crippen molar-refractivity contribution in [3.8, 4) is 0 Å². The summed E-state index contributed by atoms with van der Waals surface area (Å²) in [6.45, 7) is 8.72. The molecule has 86 valence electrons. The number of hydrogen-bond donors (Lipinski definition) is 0. The molecule has 0 unspecified atom stereocenters. The Balaban J connectivity index is 3.21. The molecule has 15 heavy (non-hydrogen) atoms. The molecule has 0 radical (unpaired) electrons. The number of halogens is 2. The lowest BCUT2D eigenvalue weighted by molar-refractivity contribution is 0.0129. The highest BCUT2D eigenvalue weighted by Gasteiger charge is 2.29. The van der Waals surface area contributed by atoms with Crippen molar-refractivity contribution >= 4 is 0 Å². The SMILES string of the molecule is CC(C)c1nc(C(C)(F)F)cn1C(C)C. The van der Waals surface area contributed by atoms with Crippen LogP contribution in [0.25, 0.3) is 0 Å². The van der Waals surface area contributed by atoms with Gasteiger partial charge in [0, 0.05) is 25.1 Å². The lowest BCUT2D eigenvalue weighted by Gasteiger charge is -2.12. The van der Waals surface area contributed by atoms with Gasteiger partial charge in [-0.15, -0.1) is 0 Å². The quantitative estimate of drug-likeness (QED) is 0.753. The van der Waals surface area contributed by atoms with E-state index in [0.29, 0.717) is 0 Å². The van der Waals surface area contributed by atoms with E-state index in [0.717, 1.165) is 12.7 Å². The van der Waals surface area contributed by atoms with Gasteiger partial charge in [-0.1, -0.05) is 13.8 Å². The van der Waals surface area contributed by atoms with Gasteiger partial charge in [0.2, 0.25) is 0 Å². The summed E-state index contributed by atoms with van der Waals surface area (Å²) < 4.78 is 28.0. The Morgan fingerprint density at radius 2 is 1.80 bits per heavy atom. The van der Waals surface area contributed by atoms with E-state index >= 15 is 0 Å². The zero-order valence-corrected chi connectivity index (χ0v) is 9.88. The van der Waals surface area contributed by atoms with Gasteiger partial charge in [0.1, 0.15) is 11.5 Å². The van der Waals surface area contributed by atoms with Crippen molar-refractivity contribution in [1.82, 2.24) is 9.55 Å². The molecule has 0 spiro atoms. The maximum absolute atomic E-state index is 13.1. The summed E-state index contributed by atoms with van der Waals surface area (Å²) >= 11 is 0. The molecular weight excluding hydrogens is 198 g/mol. The predicted octanol–water partition coefficient (Wildman–Crippen LogP) is 3.70. The van der Waals surface area contributed by atoms with Crippen LogP contribution in [-0.4, -0.2) is 9.55 Å². The van der Waals surface area contributed by atoms with Crippen molar-refractivity contribution < 1.29 is 8.78 Å². The Labute approximate surface area is 89.3 Å². The zero-order valence-electron chi connectivity index (χ0n) is 9.88. The Hall–Kier alpha value is -0.930. The number of alkyl halides is 2. The molecule has 1 heterocycles. The second-order valence-electron chi connectivity index (χ2n) is 4.53. The Morgan fingerprint density at radius 3 is 2.07 bits per heavy atom. The molecule has 0 saturated heterocycles. The first-order chi connectivity index (χ1) is 6.73. The van der Waals surface area contributed by atoms with Crippen LogP contribution in [0.1, 0.15) is 58.1 Å². The maximum atomic E-state index is 13.1. The van der Waals surface area contributed by atoms with Crippen molar-refractivity contribution in [3.05, 3.63) is 17.7 Å². The second-order valence-corrected chi connectivity index (χ2v) is 4.53. The molecule has 0 amide bonds. The molecule has 0 aliphatic heterocycles. The van der Waals surface area contributed by atoms with Crippen LogP contribution in [0.4, 0.5) is 8.78 Å². The molecule has 0 bridgehead atoms. The number of nitrogens with zero attached hydrogens (tertiary/aromatic N) is 2. The van der Waals surface area contributed by atoms with Gasteiger partial charge in [-0.2, -0.15) is 8.78 Å². The standard InChI is InChI=1S/C11H18F2N2/c1-7(2)10-14-9(11(5,12)13)6-15(10)8(3)4/h6-8H,1-5H3. The largest absolute Gasteiger partial charge is 0.332 e. The van der Waals surface area contributed by atoms with E-state index in [4.69, 9.17) is 0 Å². The van der Waals surface area contributed by atoms with Crippen molar-refractivity contribution in [2.24, 2.45) is 0 Å². The fourth-order valence-electron chi connectivity index (χ4n) is 1.46. The topological polar surface area (TPSA) is 17.8 Å². The minimum Gasteiger partial charge on any atom is -0.332 e.